The van der Waals surface area contributed by atoms with Gasteiger partial charge in [0.2, 0.25) is 21.8 Å². The van der Waals surface area contributed by atoms with Gasteiger partial charge in [-0.25, -0.2) is 8.42 Å². The van der Waals surface area contributed by atoms with E-state index in [0.29, 0.717) is 17.1 Å². The van der Waals surface area contributed by atoms with Gasteiger partial charge in [-0.3, -0.25) is 13.9 Å². The SMILES string of the molecule is CCCCNC(=O)[C@@H](Cc1ccccc1)N(Cc1ccc(Cl)c(Cl)c1)C(=O)CN(c1cccc(Cl)c1Cl)S(C)(=O)=O. The summed E-state index contributed by atoms with van der Waals surface area (Å²) in [6.45, 7) is 1.79. The average molecular weight is 659 g/mol. The van der Waals surface area contributed by atoms with Gasteiger partial charge in [-0.1, -0.05) is 102 Å². The van der Waals surface area contributed by atoms with E-state index in [1.807, 2.05) is 37.3 Å². The van der Waals surface area contributed by atoms with Crippen LogP contribution in [0.5, 0.6) is 0 Å². The molecule has 0 aromatic heterocycles. The van der Waals surface area contributed by atoms with E-state index in [0.717, 1.165) is 29.0 Å². The Bertz CT molecular complexity index is 1470. The minimum atomic E-state index is -3.99. The lowest BCUT2D eigenvalue weighted by atomic mass is 10.0. The van der Waals surface area contributed by atoms with Gasteiger partial charge in [0.05, 0.1) is 32.0 Å². The molecule has 0 aliphatic rings. The minimum Gasteiger partial charge on any atom is -0.354 e. The van der Waals surface area contributed by atoms with Crippen LogP contribution in [-0.4, -0.2) is 50.5 Å². The first-order valence-electron chi connectivity index (χ1n) is 12.9. The van der Waals surface area contributed by atoms with Crippen molar-refractivity contribution in [3.63, 3.8) is 0 Å². The van der Waals surface area contributed by atoms with Crippen LogP contribution in [-0.2, 0) is 32.6 Å². The molecule has 2 amide bonds. The number of anilines is 1. The molecule has 0 unspecified atom stereocenters. The van der Waals surface area contributed by atoms with Crippen LogP contribution < -0.4 is 9.62 Å². The van der Waals surface area contributed by atoms with Crippen LogP contribution in [0.3, 0.4) is 0 Å². The van der Waals surface area contributed by atoms with Crippen LogP contribution in [0.1, 0.15) is 30.9 Å². The molecule has 220 valence electrons. The highest BCUT2D eigenvalue weighted by molar-refractivity contribution is 7.92. The van der Waals surface area contributed by atoms with Gasteiger partial charge >= 0.3 is 0 Å². The van der Waals surface area contributed by atoms with Crippen LogP contribution in [0.15, 0.2) is 66.7 Å². The fraction of sp³-hybridized carbons (Fsp3) is 0.310. The molecule has 41 heavy (non-hydrogen) atoms. The highest BCUT2D eigenvalue weighted by Gasteiger charge is 2.33. The zero-order chi connectivity index (χ0) is 30.2. The molecule has 0 spiro atoms. The second kappa shape index (κ2) is 15.1. The van der Waals surface area contributed by atoms with E-state index < -0.39 is 28.5 Å². The molecular weight excluding hydrogens is 628 g/mol. The summed E-state index contributed by atoms with van der Waals surface area (Å²) in [7, 11) is -3.99. The first-order valence-corrected chi connectivity index (χ1v) is 16.2. The van der Waals surface area contributed by atoms with Gasteiger partial charge in [-0.05, 0) is 41.8 Å². The number of unbranched alkanes of at least 4 members (excludes halogenated alkanes) is 1. The molecule has 0 heterocycles. The van der Waals surface area contributed by atoms with Crippen molar-refractivity contribution in [3.8, 4) is 0 Å². The van der Waals surface area contributed by atoms with Gasteiger partial charge in [-0.2, -0.15) is 0 Å². The number of carbonyl (C=O) groups is 2. The van der Waals surface area contributed by atoms with E-state index in [2.05, 4.69) is 5.32 Å². The number of hydrogen-bond acceptors (Lipinski definition) is 4. The number of nitrogens with one attached hydrogen (secondary N) is 1. The van der Waals surface area contributed by atoms with E-state index >= 15 is 0 Å². The molecule has 3 aromatic rings. The third kappa shape index (κ3) is 9.25. The maximum absolute atomic E-state index is 14.1. The van der Waals surface area contributed by atoms with Crippen molar-refractivity contribution in [2.75, 3.05) is 23.7 Å². The van der Waals surface area contributed by atoms with Crippen molar-refractivity contribution < 1.29 is 18.0 Å². The molecule has 0 aliphatic carbocycles. The van der Waals surface area contributed by atoms with Gasteiger partial charge in [0.15, 0.2) is 0 Å². The molecule has 0 radical (unpaired) electrons. The first-order chi connectivity index (χ1) is 19.4. The Labute approximate surface area is 261 Å². The Morgan fingerprint density at radius 3 is 2.22 bits per heavy atom. The predicted octanol–water partition coefficient (Wildman–Crippen LogP) is 6.62. The van der Waals surface area contributed by atoms with E-state index in [1.54, 1.807) is 24.3 Å². The third-order valence-electron chi connectivity index (χ3n) is 6.32. The Hall–Kier alpha value is -2.49. The summed E-state index contributed by atoms with van der Waals surface area (Å²) in [5.41, 5.74) is 1.49. The summed E-state index contributed by atoms with van der Waals surface area (Å²) in [6.07, 6.45) is 2.81. The van der Waals surface area contributed by atoms with Crippen LogP contribution >= 0.6 is 46.4 Å². The van der Waals surface area contributed by atoms with E-state index in [1.165, 1.54) is 17.0 Å². The van der Waals surface area contributed by atoms with Crippen molar-refractivity contribution in [3.05, 3.63) is 97.9 Å². The summed E-state index contributed by atoms with van der Waals surface area (Å²) >= 11 is 24.9. The number of hydrogen-bond donors (Lipinski definition) is 1. The Balaban J connectivity index is 2.08. The molecule has 3 rings (SSSR count). The summed E-state index contributed by atoms with van der Waals surface area (Å²) < 4.78 is 26.7. The van der Waals surface area contributed by atoms with Crippen LogP contribution in [0.4, 0.5) is 5.69 Å². The van der Waals surface area contributed by atoms with Crippen molar-refractivity contribution in [1.29, 1.82) is 0 Å². The fourth-order valence-electron chi connectivity index (χ4n) is 4.17. The molecule has 1 atom stereocenters. The van der Waals surface area contributed by atoms with Gasteiger partial charge in [0.25, 0.3) is 0 Å². The molecule has 1 N–H and O–H groups in total. The largest absolute Gasteiger partial charge is 0.354 e. The Morgan fingerprint density at radius 1 is 0.878 bits per heavy atom. The smallest absolute Gasteiger partial charge is 0.244 e. The van der Waals surface area contributed by atoms with Crippen molar-refractivity contribution in [2.45, 2.75) is 38.8 Å². The lowest BCUT2D eigenvalue weighted by Gasteiger charge is -2.33. The fourth-order valence-corrected chi connectivity index (χ4v) is 5.80. The van der Waals surface area contributed by atoms with Gasteiger partial charge in [0.1, 0.15) is 12.6 Å². The quantitative estimate of drug-likeness (QED) is 0.209. The van der Waals surface area contributed by atoms with Gasteiger partial charge < -0.3 is 10.2 Å². The zero-order valence-electron chi connectivity index (χ0n) is 22.6. The average Bonchev–Trinajstić information content (AvgIpc) is 2.93. The molecule has 7 nitrogen and oxygen atoms in total. The van der Waals surface area contributed by atoms with Crippen LogP contribution in [0.2, 0.25) is 20.1 Å². The lowest BCUT2D eigenvalue weighted by molar-refractivity contribution is -0.140. The topological polar surface area (TPSA) is 86.8 Å². The first kappa shape index (κ1) is 33.0. The predicted molar refractivity (Wildman–Crippen MR) is 168 cm³/mol. The van der Waals surface area contributed by atoms with Gasteiger partial charge in [-0.15, -0.1) is 0 Å². The highest BCUT2D eigenvalue weighted by atomic mass is 35.5. The van der Waals surface area contributed by atoms with E-state index in [-0.39, 0.29) is 39.6 Å². The summed E-state index contributed by atoms with van der Waals surface area (Å²) in [4.78, 5) is 29.1. The van der Waals surface area contributed by atoms with E-state index in [4.69, 9.17) is 46.4 Å². The number of sulfonamides is 1. The highest BCUT2D eigenvalue weighted by Crippen LogP contribution is 2.34. The standard InChI is InChI=1S/C29H31Cl4N3O4S/c1-3-4-15-34-29(38)26(17-20-9-6-5-7-10-20)35(18-21-13-14-22(30)24(32)16-21)27(37)19-36(41(2,39)40)25-12-8-11-23(31)28(25)33/h5-14,16,26H,3-4,15,17-19H2,1-2H3,(H,34,38)/t26-/m1/s1. The number of halogens is 4. The summed E-state index contributed by atoms with van der Waals surface area (Å²) in [6, 6.07) is 17.7. The normalized spacial score (nSPS) is 12.0. The van der Waals surface area contributed by atoms with Crippen molar-refractivity contribution in [2.24, 2.45) is 0 Å². The molecule has 3 aromatic carbocycles. The maximum atomic E-state index is 14.1. The maximum Gasteiger partial charge on any atom is 0.244 e. The Kier molecular flexibility index (Phi) is 12.2. The number of carbonyl (C=O) groups excluding carboxylic acids is 2. The second-order valence-corrected chi connectivity index (χ2v) is 13.0. The molecule has 0 aliphatic heterocycles. The van der Waals surface area contributed by atoms with Crippen molar-refractivity contribution >= 4 is 73.9 Å². The van der Waals surface area contributed by atoms with Crippen LogP contribution in [0, 0.1) is 0 Å². The number of nitrogens with zero attached hydrogens (tertiary/aromatic N) is 2. The summed E-state index contributed by atoms with van der Waals surface area (Å²) in [5.74, 6) is -0.980. The summed E-state index contributed by atoms with van der Waals surface area (Å²) in [5, 5.41) is 3.67. The van der Waals surface area contributed by atoms with Gasteiger partial charge in [0, 0.05) is 19.5 Å². The third-order valence-corrected chi connectivity index (χ3v) is 8.99. The molecule has 0 saturated heterocycles. The zero-order valence-corrected chi connectivity index (χ0v) is 26.5. The molecule has 0 saturated carbocycles. The Morgan fingerprint density at radius 2 is 1.59 bits per heavy atom. The molecule has 12 heteroatoms. The van der Waals surface area contributed by atoms with E-state index in [9.17, 15) is 18.0 Å². The number of benzene rings is 3. The molecule has 0 fully saturated rings. The monoisotopic (exact) mass is 657 g/mol. The van der Waals surface area contributed by atoms with Crippen LogP contribution in [0.25, 0.3) is 0 Å². The molecular formula is C29H31Cl4N3O4S. The van der Waals surface area contributed by atoms with Crippen molar-refractivity contribution in [1.82, 2.24) is 10.2 Å². The number of rotatable bonds is 13. The minimum absolute atomic E-state index is 0.0124. The molecule has 0 bridgehead atoms. The number of amides is 2. The second-order valence-electron chi connectivity index (χ2n) is 9.46. The lowest BCUT2D eigenvalue weighted by Crippen LogP contribution is -2.53.